The second-order valence-corrected chi connectivity index (χ2v) is 6.84. The van der Waals surface area contributed by atoms with Crippen LogP contribution in [0, 0.1) is 5.41 Å². The highest BCUT2D eigenvalue weighted by Gasteiger charge is 2.20. The summed E-state index contributed by atoms with van der Waals surface area (Å²) in [5.41, 5.74) is 2.05. The molecule has 4 nitrogen and oxygen atoms in total. The second-order valence-electron chi connectivity index (χ2n) is 6.84. The van der Waals surface area contributed by atoms with Crippen molar-refractivity contribution in [1.29, 1.82) is 0 Å². The fourth-order valence-corrected chi connectivity index (χ4v) is 2.45. The van der Waals surface area contributed by atoms with Crippen molar-refractivity contribution in [1.82, 2.24) is 5.32 Å². The van der Waals surface area contributed by atoms with Gasteiger partial charge < -0.3 is 15.7 Å². The van der Waals surface area contributed by atoms with Gasteiger partial charge in [0.2, 0.25) is 5.91 Å². The van der Waals surface area contributed by atoms with Crippen molar-refractivity contribution < 1.29 is 9.90 Å². The standard InChI is InChI=1S/C17H28N2O2/c1-12(18-16(11-20)10-17(3,4)5)14-7-6-8-15(9-14)19-13(2)21/h6-9,12,16,18,20H,10-11H2,1-5H3,(H,19,21). The third-order valence-electron chi connectivity index (χ3n) is 3.27. The first-order chi connectivity index (χ1) is 9.71. The number of hydrogen-bond donors (Lipinski definition) is 3. The Labute approximate surface area is 128 Å². The second kappa shape index (κ2) is 7.57. The summed E-state index contributed by atoms with van der Waals surface area (Å²) in [5, 5.41) is 15.8. The lowest BCUT2D eigenvalue weighted by atomic mass is 9.88. The van der Waals surface area contributed by atoms with Crippen LogP contribution in [0.4, 0.5) is 5.69 Å². The van der Waals surface area contributed by atoms with Crippen LogP contribution in [0.1, 0.15) is 52.6 Å². The van der Waals surface area contributed by atoms with Crippen molar-refractivity contribution in [3.63, 3.8) is 0 Å². The highest BCUT2D eigenvalue weighted by Crippen LogP contribution is 2.23. The number of amides is 1. The zero-order chi connectivity index (χ0) is 16.0. The summed E-state index contributed by atoms with van der Waals surface area (Å²) in [6, 6.07) is 7.95. The number of rotatable bonds is 6. The van der Waals surface area contributed by atoms with Crippen LogP contribution >= 0.6 is 0 Å². The zero-order valence-corrected chi connectivity index (χ0v) is 13.7. The number of aliphatic hydroxyl groups excluding tert-OH is 1. The zero-order valence-electron chi connectivity index (χ0n) is 13.7. The summed E-state index contributed by atoms with van der Waals surface area (Å²) in [7, 11) is 0. The van der Waals surface area contributed by atoms with Crippen molar-refractivity contribution in [3.8, 4) is 0 Å². The fraction of sp³-hybridized carbons (Fsp3) is 0.588. The van der Waals surface area contributed by atoms with Crippen LogP contribution in [0.5, 0.6) is 0 Å². The van der Waals surface area contributed by atoms with Crippen LogP contribution in [0.3, 0.4) is 0 Å². The van der Waals surface area contributed by atoms with E-state index >= 15 is 0 Å². The fourth-order valence-electron chi connectivity index (χ4n) is 2.45. The molecule has 0 saturated heterocycles. The smallest absolute Gasteiger partial charge is 0.221 e. The number of anilines is 1. The highest BCUT2D eigenvalue weighted by atomic mass is 16.3. The number of aliphatic hydroxyl groups is 1. The Bertz CT molecular complexity index is 466. The van der Waals surface area contributed by atoms with Crippen LogP contribution in [0.15, 0.2) is 24.3 Å². The van der Waals surface area contributed by atoms with Gasteiger partial charge in [-0.1, -0.05) is 32.9 Å². The van der Waals surface area contributed by atoms with Gasteiger partial charge in [-0.15, -0.1) is 0 Å². The molecule has 0 aliphatic rings. The maximum atomic E-state index is 11.1. The lowest BCUT2D eigenvalue weighted by Gasteiger charge is -2.28. The average molecular weight is 292 g/mol. The molecule has 118 valence electrons. The van der Waals surface area contributed by atoms with E-state index in [2.05, 4.69) is 38.3 Å². The van der Waals surface area contributed by atoms with Gasteiger partial charge in [-0.2, -0.15) is 0 Å². The molecular formula is C17H28N2O2. The average Bonchev–Trinajstić information content (AvgIpc) is 2.35. The lowest BCUT2D eigenvalue weighted by Crippen LogP contribution is -2.37. The monoisotopic (exact) mass is 292 g/mol. The van der Waals surface area contributed by atoms with Crippen molar-refractivity contribution in [3.05, 3.63) is 29.8 Å². The molecule has 0 aromatic heterocycles. The molecule has 2 atom stereocenters. The first-order valence-corrected chi connectivity index (χ1v) is 7.46. The first kappa shape index (κ1) is 17.7. The van der Waals surface area contributed by atoms with Gasteiger partial charge in [0.1, 0.15) is 0 Å². The summed E-state index contributed by atoms with van der Waals surface area (Å²) in [5.74, 6) is -0.0753. The Balaban J connectivity index is 2.73. The summed E-state index contributed by atoms with van der Waals surface area (Å²) >= 11 is 0. The van der Waals surface area contributed by atoms with Crippen molar-refractivity contribution >= 4 is 11.6 Å². The van der Waals surface area contributed by atoms with Gasteiger partial charge in [0.15, 0.2) is 0 Å². The highest BCUT2D eigenvalue weighted by molar-refractivity contribution is 5.88. The number of carbonyl (C=O) groups is 1. The SMILES string of the molecule is CC(=O)Nc1cccc(C(C)NC(CO)CC(C)(C)C)c1. The summed E-state index contributed by atoms with van der Waals surface area (Å²) in [6.07, 6.45) is 0.902. The molecule has 0 aliphatic heterocycles. The van der Waals surface area contributed by atoms with E-state index in [4.69, 9.17) is 0 Å². The van der Waals surface area contributed by atoms with E-state index < -0.39 is 0 Å². The molecule has 1 aromatic carbocycles. The number of hydrogen-bond acceptors (Lipinski definition) is 3. The van der Waals surface area contributed by atoms with Gasteiger partial charge in [-0.3, -0.25) is 4.79 Å². The molecule has 2 unspecified atom stereocenters. The number of carbonyl (C=O) groups excluding carboxylic acids is 1. The minimum Gasteiger partial charge on any atom is -0.395 e. The van der Waals surface area contributed by atoms with Crippen LogP contribution in [0.25, 0.3) is 0 Å². The molecule has 1 aromatic rings. The minimum atomic E-state index is -0.0753. The molecule has 0 spiro atoms. The van der Waals surface area contributed by atoms with Gasteiger partial charge in [-0.05, 0) is 36.5 Å². The molecule has 0 radical (unpaired) electrons. The van der Waals surface area contributed by atoms with Gasteiger partial charge in [0, 0.05) is 24.7 Å². The molecule has 4 heteroatoms. The van der Waals surface area contributed by atoms with E-state index in [-0.39, 0.29) is 30.0 Å². The Morgan fingerprint density at radius 1 is 1.33 bits per heavy atom. The largest absolute Gasteiger partial charge is 0.395 e. The summed E-state index contributed by atoms with van der Waals surface area (Å²) < 4.78 is 0. The van der Waals surface area contributed by atoms with E-state index in [9.17, 15) is 9.90 Å². The Hall–Kier alpha value is -1.39. The van der Waals surface area contributed by atoms with E-state index in [0.29, 0.717) is 0 Å². The van der Waals surface area contributed by atoms with Crippen molar-refractivity contribution in [2.24, 2.45) is 5.41 Å². The van der Waals surface area contributed by atoms with Gasteiger partial charge in [0.05, 0.1) is 6.61 Å². The van der Waals surface area contributed by atoms with E-state index in [0.717, 1.165) is 17.7 Å². The topological polar surface area (TPSA) is 61.4 Å². The lowest BCUT2D eigenvalue weighted by molar-refractivity contribution is -0.114. The molecule has 3 N–H and O–H groups in total. The van der Waals surface area contributed by atoms with E-state index in [1.54, 1.807) is 0 Å². The van der Waals surface area contributed by atoms with E-state index in [1.165, 1.54) is 6.92 Å². The third-order valence-corrected chi connectivity index (χ3v) is 3.27. The summed E-state index contributed by atoms with van der Waals surface area (Å²) in [4.78, 5) is 11.1. The van der Waals surface area contributed by atoms with Crippen LogP contribution in [0.2, 0.25) is 0 Å². The number of nitrogens with one attached hydrogen (secondary N) is 2. The normalized spacial score (nSPS) is 14.6. The maximum Gasteiger partial charge on any atom is 0.221 e. The Morgan fingerprint density at radius 2 is 2.00 bits per heavy atom. The van der Waals surface area contributed by atoms with Gasteiger partial charge in [0.25, 0.3) is 0 Å². The summed E-state index contributed by atoms with van der Waals surface area (Å²) in [6.45, 7) is 10.2. The molecule has 0 aliphatic carbocycles. The van der Waals surface area contributed by atoms with Gasteiger partial charge >= 0.3 is 0 Å². The molecule has 21 heavy (non-hydrogen) atoms. The van der Waals surface area contributed by atoms with Crippen LogP contribution in [-0.4, -0.2) is 23.7 Å². The van der Waals surface area contributed by atoms with Crippen molar-refractivity contribution in [2.45, 2.75) is 53.1 Å². The third kappa shape index (κ3) is 6.74. The number of benzene rings is 1. The van der Waals surface area contributed by atoms with Gasteiger partial charge in [-0.25, -0.2) is 0 Å². The van der Waals surface area contributed by atoms with Crippen LogP contribution in [-0.2, 0) is 4.79 Å². The Kier molecular flexibility index (Phi) is 6.37. The molecule has 1 rings (SSSR count). The van der Waals surface area contributed by atoms with Crippen LogP contribution < -0.4 is 10.6 Å². The molecule has 0 fully saturated rings. The molecule has 1 amide bonds. The predicted octanol–water partition coefficient (Wildman–Crippen LogP) is 3.09. The minimum absolute atomic E-state index is 0.0597. The molecule has 0 heterocycles. The quantitative estimate of drug-likeness (QED) is 0.755. The predicted molar refractivity (Wildman–Crippen MR) is 87.2 cm³/mol. The molecular weight excluding hydrogens is 264 g/mol. The maximum absolute atomic E-state index is 11.1. The van der Waals surface area contributed by atoms with E-state index in [1.807, 2.05) is 24.3 Å². The molecule has 0 saturated carbocycles. The molecule has 0 bridgehead atoms. The Morgan fingerprint density at radius 3 is 2.52 bits per heavy atom. The van der Waals surface area contributed by atoms with Crippen molar-refractivity contribution in [2.75, 3.05) is 11.9 Å². The first-order valence-electron chi connectivity index (χ1n) is 7.46.